The first-order valence-corrected chi connectivity index (χ1v) is 8.92. The van der Waals surface area contributed by atoms with E-state index in [9.17, 15) is 0 Å². The summed E-state index contributed by atoms with van der Waals surface area (Å²) >= 11 is 3.86. The van der Waals surface area contributed by atoms with Gasteiger partial charge in [-0.25, -0.2) is 0 Å². The Balaban J connectivity index is 1.78. The third-order valence-electron chi connectivity index (χ3n) is 4.69. The van der Waals surface area contributed by atoms with Crippen LogP contribution in [0.5, 0.6) is 11.5 Å². The summed E-state index contributed by atoms with van der Waals surface area (Å²) in [5.41, 5.74) is 0. The minimum absolute atomic E-state index is 0.659. The van der Waals surface area contributed by atoms with Gasteiger partial charge in [-0.05, 0) is 67.7 Å². The van der Waals surface area contributed by atoms with Crippen molar-refractivity contribution in [2.45, 2.75) is 44.4 Å². The Kier molecular flexibility index (Phi) is 6.40. The largest absolute Gasteiger partial charge is 0.497 e. The lowest BCUT2D eigenvalue weighted by atomic mass is 9.75. The molecule has 0 bridgehead atoms. The lowest BCUT2D eigenvalue weighted by Gasteiger charge is -2.35. The Hall–Kier alpha value is -0.700. The van der Waals surface area contributed by atoms with E-state index in [0.717, 1.165) is 42.3 Å². The van der Waals surface area contributed by atoms with Crippen LogP contribution in [0.4, 0.5) is 0 Å². The van der Waals surface area contributed by atoms with Crippen LogP contribution in [-0.2, 0) is 0 Å². The highest BCUT2D eigenvalue weighted by molar-refractivity contribution is 9.09. The van der Waals surface area contributed by atoms with Gasteiger partial charge in [-0.1, -0.05) is 29.8 Å². The fourth-order valence-corrected chi connectivity index (χ4v) is 3.91. The molecular weight excluding hydrogens is 328 g/mol. The molecule has 3 atom stereocenters. The Morgan fingerprint density at radius 3 is 2.43 bits per heavy atom. The van der Waals surface area contributed by atoms with Crippen LogP contribution < -0.4 is 9.47 Å². The van der Waals surface area contributed by atoms with Crippen LogP contribution in [0.3, 0.4) is 0 Å². The summed E-state index contributed by atoms with van der Waals surface area (Å²) in [6.07, 6.45) is 5.13. The van der Waals surface area contributed by atoms with Crippen molar-refractivity contribution in [1.29, 1.82) is 0 Å². The van der Waals surface area contributed by atoms with Gasteiger partial charge < -0.3 is 9.47 Å². The van der Waals surface area contributed by atoms with Gasteiger partial charge in [0, 0.05) is 4.83 Å². The molecule has 1 aromatic carbocycles. The first-order valence-electron chi connectivity index (χ1n) is 8.01. The van der Waals surface area contributed by atoms with Crippen molar-refractivity contribution in [2.75, 3.05) is 13.7 Å². The van der Waals surface area contributed by atoms with Crippen molar-refractivity contribution in [1.82, 2.24) is 0 Å². The number of ether oxygens (including phenoxy) is 2. The van der Waals surface area contributed by atoms with Crippen molar-refractivity contribution in [2.24, 2.45) is 17.8 Å². The summed E-state index contributed by atoms with van der Waals surface area (Å²) < 4.78 is 11.0. The Morgan fingerprint density at radius 2 is 1.81 bits per heavy atom. The van der Waals surface area contributed by atoms with Crippen molar-refractivity contribution in [3.8, 4) is 11.5 Å². The van der Waals surface area contributed by atoms with Gasteiger partial charge >= 0.3 is 0 Å². The van der Waals surface area contributed by atoms with E-state index in [2.05, 4.69) is 29.8 Å². The van der Waals surface area contributed by atoms with Crippen molar-refractivity contribution in [3.63, 3.8) is 0 Å². The van der Waals surface area contributed by atoms with E-state index in [1.165, 1.54) is 19.3 Å². The molecule has 2 nitrogen and oxygen atoms in total. The smallest absolute Gasteiger partial charge is 0.119 e. The average molecular weight is 355 g/mol. The highest BCUT2D eigenvalue weighted by atomic mass is 79.9. The van der Waals surface area contributed by atoms with E-state index >= 15 is 0 Å². The molecule has 1 aliphatic rings. The predicted octanol–water partition coefficient (Wildman–Crippen LogP) is 5.30. The van der Waals surface area contributed by atoms with Gasteiger partial charge in [-0.15, -0.1) is 0 Å². The molecule has 21 heavy (non-hydrogen) atoms. The van der Waals surface area contributed by atoms with Crippen LogP contribution >= 0.6 is 15.9 Å². The summed E-state index contributed by atoms with van der Waals surface area (Å²) in [6, 6.07) is 7.83. The highest BCUT2D eigenvalue weighted by Crippen LogP contribution is 2.38. The number of hydrogen-bond donors (Lipinski definition) is 0. The van der Waals surface area contributed by atoms with E-state index in [1.807, 2.05) is 24.3 Å². The van der Waals surface area contributed by atoms with Gasteiger partial charge in [0.1, 0.15) is 11.5 Å². The SMILES string of the molecule is COc1ccc(OCCC2CC(C(C)C)CCC2Br)cc1. The molecule has 3 unspecified atom stereocenters. The second-order valence-electron chi connectivity index (χ2n) is 6.41. The fraction of sp³-hybridized carbons (Fsp3) is 0.667. The predicted molar refractivity (Wildman–Crippen MR) is 91.5 cm³/mol. The second kappa shape index (κ2) is 8.07. The maximum Gasteiger partial charge on any atom is 0.119 e. The zero-order valence-electron chi connectivity index (χ0n) is 13.3. The van der Waals surface area contributed by atoms with Crippen LogP contribution in [0, 0.1) is 17.8 Å². The van der Waals surface area contributed by atoms with E-state index in [-0.39, 0.29) is 0 Å². The zero-order valence-corrected chi connectivity index (χ0v) is 14.9. The molecule has 0 spiro atoms. The molecule has 0 aliphatic heterocycles. The molecule has 0 N–H and O–H groups in total. The van der Waals surface area contributed by atoms with Crippen molar-refractivity contribution < 1.29 is 9.47 Å². The van der Waals surface area contributed by atoms with E-state index in [1.54, 1.807) is 7.11 Å². The molecule has 1 fully saturated rings. The summed E-state index contributed by atoms with van der Waals surface area (Å²) in [5, 5.41) is 0. The Bertz CT molecular complexity index is 416. The third kappa shape index (κ3) is 4.91. The molecule has 1 aromatic rings. The molecule has 1 aliphatic carbocycles. The number of benzene rings is 1. The maximum atomic E-state index is 5.88. The summed E-state index contributed by atoms with van der Waals surface area (Å²) in [7, 11) is 1.68. The van der Waals surface area contributed by atoms with Gasteiger partial charge in [0.2, 0.25) is 0 Å². The standard InChI is InChI=1S/C18H27BrO2/c1-13(2)14-4-9-18(19)15(12-14)10-11-21-17-7-5-16(20-3)6-8-17/h5-8,13-15,18H,4,9-12H2,1-3H3. The lowest BCUT2D eigenvalue weighted by Crippen LogP contribution is -2.28. The molecule has 2 rings (SSSR count). The van der Waals surface area contributed by atoms with Crippen molar-refractivity contribution >= 4 is 15.9 Å². The minimum Gasteiger partial charge on any atom is -0.497 e. The Morgan fingerprint density at radius 1 is 1.14 bits per heavy atom. The van der Waals surface area contributed by atoms with Crippen LogP contribution in [0.15, 0.2) is 24.3 Å². The monoisotopic (exact) mass is 354 g/mol. The normalized spacial score (nSPS) is 25.9. The fourth-order valence-electron chi connectivity index (χ4n) is 3.17. The molecule has 3 heteroatoms. The lowest BCUT2D eigenvalue weighted by molar-refractivity contribution is 0.189. The first-order chi connectivity index (χ1) is 10.1. The summed E-state index contributed by atoms with van der Waals surface area (Å²) in [4.78, 5) is 0.659. The minimum atomic E-state index is 0.659. The maximum absolute atomic E-state index is 5.88. The Labute approximate surface area is 137 Å². The molecule has 0 saturated heterocycles. The molecule has 1 saturated carbocycles. The molecule has 0 amide bonds. The summed E-state index contributed by atoms with van der Waals surface area (Å²) in [5.74, 6) is 4.22. The molecular formula is C18H27BrO2. The zero-order chi connectivity index (χ0) is 15.2. The van der Waals surface area contributed by atoms with Gasteiger partial charge in [-0.3, -0.25) is 0 Å². The van der Waals surface area contributed by atoms with Gasteiger partial charge in [0.15, 0.2) is 0 Å². The number of alkyl halides is 1. The molecule has 0 heterocycles. The molecule has 0 aromatic heterocycles. The van der Waals surface area contributed by atoms with Gasteiger partial charge in [0.25, 0.3) is 0 Å². The van der Waals surface area contributed by atoms with Crippen LogP contribution in [0.1, 0.15) is 39.5 Å². The quantitative estimate of drug-likeness (QED) is 0.645. The number of methoxy groups -OCH3 is 1. The number of rotatable bonds is 6. The average Bonchev–Trinajstić information content (AvgIpc) is 2.49. The molecule has 118 valence electrons. The van der Waals surface area contributed by atoms with Crippen molar-refractivity contribution in [3.05, 3.63) is 24.3 Å². The van der Waals surface area contributed by atoms with Gasteiger partial charge in [0.05, 0.1) is 13.7 Å². The highest BCUT2D eigenvalue weighted by Gasteiger charge is 2.30. The van der Waals surface area contributed by atoms with Crippen LogP contribution in [0.2, 0.25) is 0 Å². The first kappa shape index (κ1) is 16.7. The van der Waals surface area contributed by atoms with E-state index < -0.39 is 0 Å². The summed E-state index contributed by atoms with van der Waals surface area (Å²) in [6.45, 7) is 5.50. The number of halogens is 1. The van der Waals surface area contributed by atoms with Crippen LogP contribution in [0.25, 0.3) is 0 Å². The molecule has 0 radical (unpaired) electrons. The topological polar surface area (TPSA) is 18.5 Å². The van der Waals surface area contributed by atoms with E-state index in [0.29, 0.717) is 4.83 Å². The van der Waals surface area contributed by atoms with Crippen LogP contribution in [-0.4, -0.2) is 18.5 Å². The second-order valence-corrected chi connectivity index (χ2v) is 7.58. The number of hydrogen-bond acceptors (Lipinski definition) is 2. The third-order valence-corrected chi connectivity index (χ3v) is 5.90. The van der Waals surface area contributed by atoms with Gasteiger partial charge in [-0.2, -0.15) is 0 Å². The van der Waals surface area contributed by atoms with E-state index in [4.69, 9.17) is 9.47 Å².